The van der Waals surface area contributed by atoms with Crippen molar-refractivity contribution < 1.29 is 4.79 Å². The van der Waals surface area contributed by atoms with Gasteiger partial charge in [0, 0.05) is 45.1 Å². The van der Waals surface area contributed by atoms with E-state index in [0.29, 0.717) is 12.1 Å². The van der Waals surface area contributed by atoms with Crippen LogP contribution in [0.25, 0.3) is 0 Å². The van der Waals surface area contributed by atoms with Crippen LogP contribution in [0.3, 0.4) is 0 Å². The lowest BCUT2D eigenvalue weighted by molar-refractivity contribution is 0.0784. The van der Waals surface area contributed by atoms with Gasteiger partial charge in [-0.15, -0.1) is 0 Å². The minimum atomic E-state index is -0.0196. The molecule has 102 valence electrons. The van der Waals surface area contributed by atoms with Gasteiger partial charge in [-0.05, 0) is 13.8 Å². The molecular formula is C13H19N5O. The van der Waals surface area contributed by atoms with Crippen LogP contribution in [0.4, 0.5) is 0 Å². The molecule has 0 aliphatic carbocycles. The maximum atomic E-state index is 12.3. The van der Waals surface area contributed by atoms with Crippen LogP contribution in [0.15, 0.2) is 12.4 Å². The van der Waals surface area contributed by atoms with Gasteiger partial charge in [-0.25, -0.2) is 0 Å². The highest BCUT2D eigenvalue weighted by Gasteiger charge is 2.18. The fourth-order valence-electron chi connectivity index (χ4n) is 2.05. The van der Waals surface area contributed by atoms with E-state index in [2.05, 4.69) is 10.2 Å². The SMILES string of the molecule is Cc1nn(C)cc1CN(C)C(=O)c1cnn(C)c1C. The normalized spacial score (nSPS) is 10.8. The molecule has 0 saturated carbocycles. The summed E-state index contributed by atoms with van der Waals surface area (Å²) in [7, 11) is 5.50. The zero-order valence-corrected chi connectivity index (χ0v) is 12.0. The van der Waals surface area contributed by atoms with Crippen LogP contribution in [0.1, 0.15) is 27.3 Å². The second kappa shape index (κ2) is 4.87. The Morgan fingerprint density at radius 3 is 2.53 bits per heavy atom. The van der Waals surface area contributed by atoms with Gasteiger partial charge in [0.25, 0.3) is 5.91 Å². The molecular weight excluding hydrogens is 242 g/mol. The summed E-state index contributed by atoms with van der Waals surface area (Å²) < 4.78 is 3.47. The monoisotopic (exact) mass is 261 g/mol. The molecule has 6 heteroatoms. The number of hydrogen-bond acceptors (Lipinski definition) is 3. The van der Waals surface area contributed by atoms with Crippen molar-refractivity contribution in [2.75, 3.05) is 7.05 Å². The van der Waals surface area contributed by atoms with E-state index in [1.165, 1.54) is 0 Å². The van der Waals surface area contributed by atoms with Gasteiger partial charge >= 0.3 is 0 Å². The Balaban J connectivity index is 2.16. The summed E-state index contributed by atoms with van der Waals surface area (Å²) >= 11 is 0. The summed E-state index contributed by atoms with van der Waals surface area (Å²) in [5.41, 5.74) is 3.52. The molecule has 2 aromatic heterocycles. The highest BCUT2D eigenvalue weighted by Crippen LogP contribution is 2.13. The lowest BCUT2D eigenvalue weighted by Gasteiger charge is -2.16. The smallest absolute Gasteiger partial charge is 0.257 e. The van der Waals surface area contributed by atoms with Crippen LogP contribution in [0, 0.1) is 13.8 Å². The van der Waals surface area contributed by atoms with Crippen LogP contribution in [0.2, 0.25) is 0 Å². The highest BCUT2D eigenvalue weighted by molar-refractivity contribution is 5.94. The average Bonchev–Trinajstić information content (AvgIpc) is 2.83. The molecule has 0 fully saturated rings. The predicted octanol–water partition coefficient (Wildman–Crippen LogP) is 1.04. The Bertz CT molecular complexity index is 611. The summed E-state index contributed by atoms with van der Waals surface area (Å²) in [5.74, 6) is -0.0196. The summed E-state index contributed by atoms with van der Waals surface area (Å²) in [6.45, 7) is 4.39. The molecule has 2 aromatic rings. The summed E-state index contributed by atoms with van der Waals surface area (Å²) in [6.07, 6.45) is 3.56. The third-order valence-electron chi connectivity index (χ3n) is 3.33. The van der Waals surface area contributed by atoms with E-state index in [1.807, 2.05) is 34.1 Å². The molecule has 0 aliphatic rings. The van der Waals surface area contributed by atoms with Gasteiger partial charge < -0.3 is 4.90 Å². The van der Waals surface area contributed by atoms with Crippen molar-refractivity contribution in [2.24, 2.45) is 14.1 Å². The Morgan fingerprint density at radius 1 is 1.37 bits per heavy atom. The van der Waals surface area contributed by atoms with Crippen molar-refractivity contribution >= 4 is 5.91 Å². The fourth-order valence-corrected chi connectivity index (χ4v) is 2.05. The van der Waals surface area contributed by atoms with Gasteiger partial charge in [0.2, 0.25) is 0 Å². The van der Waals surface area contributed by atoms with Crippen LogP contribution >= 0.6 is 0 Å². The summed E-state index contributed by atoms with van der Waals surface area (Å²) in [6, 6.07) is 0. The standard InChI is InChI=1S/C13H19N5O/c1-9-11(8-17(4)15-9)7-16(3)13(19)12-6-14-18(5)10(12)2/h6,8H,7H2,1-5H3. The maximum Gasteiger partial charge on any atom is 0.257 e. The molecule has 2 heterocycles. The van der Waals surface area contributed by atoms with Gasteiger partial charge in [0.1, 0.15) is 0 Å². The maximum absolute atomic E-state index is 12.3. The second-order valence-electron chi connectivity index (χ2n) is 4.84. The Labute approximate surface area is 112 Å². The van der Waals surface area contributed by atoms with Crippen LogP contribution in [-0.2, 0) is 20.6 Å². The highest BCUT2D eigenvalue weighted by atomic mass is 16.2. The minimum absolute atomic E-state index is 0.0196. The van der Waals surface area contributed by atoms with Gasteiger partial charge in [0.05, 0.1) is 17.5 Å². The van der Waals surface area contributed by atoms with Crippen LogP contribution in [-0.4, -0.2) is 37.4 Å². The van der Waals surface area contributed by atoms with E-state index < -0.39 is 0 Å². The zero-order chi connectivity index (χ0) is 14.2. The lowest BCUT2D eigenvalue weighted by Crippen LogP contribution is -2.26. The zero-order valence-electron chi connectivity index (χ0n) is 12.0. The van der Waals surface area contributed by atoms with E-state index in [1.54, 1.807) is 27.5 Å². The van der Waals surface area contributed by atoms with Crippen LogP contribution in [0.5, 0.6) is 0 Å². The molecule has 0 aromatic carbocycles. The van der Waals surface area contributed by atoms with Crippen molar-refractivity contribution in [1.82, 2.24) is 24.5 Å². The van der Waals surface area contributed by atoms with Crippen molar-refractivity contribution in [3.05, 3.63) is 34.9 Å². The molecule has 0 bridgehead atoms. The predicted molar refractivity (Wildman–Crippen MR) is 71.7 cm³/mol. The summed E-state index contributed by atoms with van der Waals surface area (Å²) in [4.78, 5) is 14.0. The molecule has 2 rings (SSSR count). The molecule has 0 unspecified atom stereocenters. The number of carbonyl (C=O) groups excluding carboxylic acids is 1. The van der Waals surface area contributed by atoms with E-state index in [4.69, 9.17) is 0 Å². The van der Waals surface area contributed by atoms with E-state index in [0.717, 1.165) is 17.0 Å². The van der Waals surface area contributed by atoms with Crippen molar-refractivity contribution in [1.29, 1.82) is 0 Å². The minimum Gasteiger partial charge on any atom is -0.337 e. The molecule has 0 radical (unpaired) electrons. The van der Waals surface area contributed by atoms with E-state index in [9.17, 15) is 4.79 Å². The van der Waals surface area contributed by atoms with E-state index >= 15 is 0 Å². The number of aromatic nitrogens is 4. The van der Waals surface area contributed by atoms with Crippen molar-refractivity contribution in [3.8, 4) is 0 Å². The summed E-state index contributed by atoms with van der Waals surface area (Å²) in [5, 5.41) is 8.38. The topological polar surface area (TPSA) is 56.0 Å². The second-order valence-corrected chi connectivity index (χ2v) is 4.84. The number of amides is 1. The quantitative estimate of drug-likeness (QED) is 0.829. The van der Waals surface area contributed by atoms with Crippen molar-refractivity contribution in [3.63, 3.8) is 0 Å². The third-order valence-corrected chi connectivity index (χ3v) is 3.33. The molecule has 6 nitrogen and oxygen atoms in total. The van der Waals surface area contributed by atoms with Gasteiger partial charge in [-0.2, -0.15) is 10.2 Å². The Morgan fingerprint density at radius 2 is 2.05 bits per heavy atom. The Hall–Kier alpha value is -2.11. The largest absolute Gasteiger partial charge is 0.337 e. The lowest BCUT2D eigenvalue weighted by atomic mass is 10.2. The first-order chi connectivity index (χ1) is 8.90. The fraction of sp³-hybridized carbons (Fsp3) is 0.462. The molecule has 0 N–H and O–H groups in total. The number of hydrogen-bond donors (Lipinski definition) is 0. The van der Waals surface area contributed by atoms with Gasteiger partial charge in [-0.1, -0.05) is 0 Å². The number of aryl methyl sites for hydroxylation is 3. The first-order valence-corrected chi connectivity index (χ1v) is 6.13. The molecule has 0 aliphatic heterocycles. The van der Waals surface area contributed by atoms with Crippen molar-refractivity contribution in [2.45, 2.75) is 20.4 Å². The molecule has 0 saturated heterocycles. The Kier molecular flexibility index (Phi) is 3.42. The molecule has 0 atom stereocenters. The number of nitrogens with zero attached hydrogens (tertiary/aromatic N) is 5. The van der Waals surface area contributed by atoms with Gasteiger partial charge in [-0.3, -0.25) is 14.2 Å². The molecule has 19 heavy (non-hydrogen) atoms. The van der Waals surface area contributed by atoms with E-state index in [-0.39, 0.29) is 5.91 Å². The number of rotatable bonds is 3. The average molecular weight is 261 g/mol. The first kappa shape index (κ1) is 13.3. The van der Waals surface area contributed by atoms with Crippen LogP contribution < -0.4 is 0 Å². The van der Waals surface area contributed by atoms with Gasteiger partial charge in [0.15, 0.2) is 0 Å². The third kappa shape index (κ3) is 2.52. The molecule has 0 spiro atoms. The number of carbonyl (C=O) groups is 1. The first-order valence-electron chi connectivity index (χ1n) is 6.13. The molecule has 1 amide bonds.